The van der Waals surface area contributed by atoms with Crippen LogP contribution in [-0.2, 0) is 11.3 Å². The van der Waals surface area contributed by atoms with Gasteiger partial charge in [-0.1, -0.05) is 23.7 Å². The van der Waals surface area contributed by atoms with E-state index in [0.717, 1.165) is 5.56 Å². The molecule has 0 aliphatic heterocycles. The molecule has 0 spiro atoms. The van der Waals surface area contributed by atoms with Crippen molar-refractivity contribution in [2.75, 3.05) is 20.2 Å². The zero-order valence-corrected chi connectivity index (χ0v) is 15.7. The number of nitrogens with one attached hydrogen (secondary N) is 1. The molecule has 0 unspecified atom stereocenters. The summed E-state index contributed by atoms with van der Waals surface area (Å²) in [5.41, 5.74) is 3.28. The van der Waals surface area contributed by atoms with Crippen LogP contribution < -0.4 is 0 Å². The average Bonchev–Trinajstić information content (AvgIpc) is 2.84. The van der Waals surface area contributed by atoms with Crippen molar-refractivity contribution in [2.45, 2.75) is 27.3 Å². The second-order valence-corrected chi connectivity index (χ2v) is 6.50. The van der Waals surface area contributed by atoms with Crippen molar-refractivity contribution in [1.82, 2.24) is 9.88 Å². The van der Waals surface area contributed by atoms with Gasteiger partial charge in [-0.2, -0.15) is 0 Å². The number of aromatic nitrogens is 1. The van der Waals surface area contributed by atoms with Crippen LogP contribution in [0.3, 0.4) is 0 Å². The van der Waals surface area contributed by atoms with Crippen molar-refractivity contribution >= 4 is 23.4 Å². The first-order valence-electron chi connectivity index (χ1n) is 8.16. The van der Waals surface area contributed by atoms with Crippen molar-refractivity contribution in [1.29, 1.82) is 0 Å². The van der Waals surface area contributed by atoms with Crippen LogP contribution >= 0.6 is 11.6 Å². The molecule has 25 heavy (non-hydrogen) atoms. The standard InChI is InChI=1S/C19H23ClN2O3/c1-5-25-19(24)17-12(2)18(21-13(17)3)16(23)11-22(4)10-14-6-8-15(20)9-7-14/h6-9,21H,5,10-11H2,1-4H3. The summed E-state index contributed by atoms with van der Waals surface area (Å²) in [4.78, 5) is 29.6. The molecule has 0 aliphatic rings. The van der Waals surface area contributed by atoms with E-state index in [4.69, 9.17) is 16.3 Å². The molecule has 2 aromatic rings. The molecule has 1 aromatic heterocycles. The van der Waals surface area contributed by atoms with Crippen LogP contribution in [0.15, 0.2) is 24.3 Å². The van der Waals surface area contributed by atoms with E-state index >= 15 is 0 Å². The van der Waals surface area contributed by atoms with Crippen LogP contribution in [0.1, 0.15) is 44.6 Å². The maximum atomic E-state index is 12.6. The molecule has 0 aliphatic carbocycles. The molecule has 134 valence electrons. The maximum absolute atomic E-state index is 12.6. The molecule has 1 N–H and O–H groups in total. The number of carbonyl (C=O) groups excluding carboxylic acids is 2. The Bertz CT molecular complexity index is 766. The fourth-order valence-electron chi connectivity index (χ4n) is 2.82. The first kappa shape index (κ1) is 19.2. The quantitative estimate of drug-likeness (QED) is 0.601. The lowest BCUT2D eigenvalue weighted by atomic mass is 10.1. The van der Waals surface area contributed by atoms with E-state index in [1.807, 2.05) is 36.2 Å². The second kappa shape index (κ2) is 8.32. The summed E-state index contributed by atoms with van der Waals surface area (Å²) in [5.74, 6) is -0.463. The minimum absolute atomic E-state index is 0.0624. The number of likely N-dealkylation sites (N-methyl/N-ethyl adjacent to an activating group) is 1. The van der Waals surface area contributed by atoms with Gasteiger partial charge in [0, 0.05) is 17.3 Å². The molecule has 0 fully saturated rings. The predicted octanol–water partition coefficient (Wildman–Crippen LogP) is 3.78. The van der Waals surface area contributed by atoms with E-state index in [0.29, 0.717) is 40.7 Å². The fourth-order valence-corrected chi connectivity index (χ4v) is 2.95. The van der Waals surface area contributed by atoms with E-state index in [2.05, 4.69) is 4.98 Å². The molecule has 1 heterocycles. The Morgan fingerprint density at radius 3 is 2.44 bits per heavy atom. The summed E-state index contributed by atoms with van der Waals surface area (Å²) >= 11 is 5.89. The molecular formula is C19H23ClN2O3. The highest BCUT2D eigenvalue weighted by molar-refractivity contribution is 6.30. The molecule has 0 saturated carbocycles. The Morgan fingerprint density at radius 1 is 1.20 bits per heavy atom. The highest BCUT2D eigenvalue weighted by atomic mass is 35.5. The predicted molar refractivity (Wildman–Crippen MR) is 98.3 cm³/mol. The summed E-state index contributed by atoms with van der Waals surface area (Å²) in [5, 5.41) is 0.687. The van der Waals surface area contributed by atoms with Gasteiger partial charge in [0.1, 0.15) is 0 Å². The molecule has 5 nitrogen and oxygen atoms in total. The number of aryl methyl sites for hydroxylation is 1. The summed E-state index contributed by atoms with van der Waals surface area (Å²) in [6.07, 6.45) is 0. The third kappa shape index (κ3) is 4.71. The molecule has 0 saturated heterocycles. The molecule has 0 radical (unpaired) electrons. The van der Waals surface area contributed by atoms with Crippen LogP contribution in [0.5, 0.6) is 0 Å². The number of Topliss-reactive ketones (excluding diaryl/α,β-unsaturated/α-hetero) is 1. The monoisotopic (exact) mass is 362 g/mol. The van der Waals surface area contributed by atoms with Crippen LogP contribution in [0, 0.1) is 13.8 Å². The van der Waals surface area contributed by atoms with Crippen LogP contribution in [-0.4, -0.2) is 41.8 Å². The first-order valence-corrected chi connectivity index (χ1v) is 8.53. The number of hydrogen-bond donors (Lipinski definition) is 1. The maximum Gasteiger partial charge on any atom is 0.340 e. The summed E-state index contributed by atoms with van der Waals surface area (Å²) < 4.78 is 5.06. The van der Waals surface area contributed by atoms with Gasteiger partial charge in [0.2, 0.25) is 0 Å². The number of hydrogen-bond acceptors (Lipinski definition) is 4. The number of aromatic amines is 1. The number of benzene rings is 1. The number of halogens is 1. The molecule has 6 heteroatoms. The van der Waals surface area contributed by atoms with Crippen molar-refractivity contribution < 1.29 is 14.3 Å². The van der Waals surface area contributed by atoms with E-state index in [-0.39, 0.29) is 12.3 Å². The van der Waals surface area contributed by atoms with E-state index in [1.54, 1.807) is 20.8 Å². The molecular weight excluding hydrogens is 340 g/mol. The summed E-state index contributed by atoms with van der Waals surface area (Å²) in [7, 11) is 1.88. The van der Waals surface area contributed by atoms with Gasteiger partial charge < -0.3 is 9.72 Å². The Labute approximate surface area is 152 Å². The molecule has 0 amide bonds. The van der Waals surface area contributed by atoms with Crippen LogP contribution in [0.25, 0.3) is 0 Å². The van der Waals surface area contributed by atoms with Gasteiger partial charge in [-0.05, 0) is 51.1 Å². The minimum atomic E-state index is -0.401. The van der Waals surface area contributed by atoms with Crippen LogP contribution in [0.2, 0.25) is 5.02 Å². The van der Waals surface area contributed by atoms with Gasteiger partial charge in [-0.25, -0.2) is 4.79 Å². The number of esters is 1. The zero-order valence-electron chi connectivity index (χ0n) is 15.0. The zero-order chi connectivity index (χ0) is 18.6. The summed E-state index contributed by atoms with van der Waals surface area (Å²) in [6, 6.07) is 7.53. The Kier molecular flexibility index (Phi) is 6.39. The molecule has 1 aromatic carbocycles. The van der Waals surface area contributed by atoms with Gasteiger partial charge in [0.25, 0.3) is 0 Å². The van der Waals surface area contributed by atoms with Crippen molar-refractivity contribution in [3.05, 3.63) is 57.4 Å². The third-order valence-corrected chi connectivity index (χ3v) is 4.23. The first-order chi connectivity index (χ1) is 11.8. The average molecular weight is 363 g/mol. The number of H-pyrrole nitrogens is 1. The second-order valence-electron chi connectivity index (χ2n) is 6.07. The number of carbonyl (C=O) groups is 2. The van der Waals surface area contributed by atoms with E-state index < -0.39 is 5.97 Å². The van der Waals surface area contributed by atoms with E-state index in [9.17, 15) is 9.59 Å². The lowest BCUT2D eigenvalue weighted by Crippen LogP contribution is -2.26. The smallest absolute Gasteiger partial charge is 0.340 e. The summed E-state index contributed by atoms with van der Waals surface area (Å²) in [6.45, 7) is 6.47. The lowest BCUT2D eigenvalue weighted by Gasteiger charge is -2.15. The van der Waals surface area contributed by atoms with Gasteiger partial charge >= 0.3 is 5.97 Å². The van der Waals surface area contributed by atoms with Crippen molar-refractivity contribution in [3.8, 4) is 0 Å². The fraction of sp³-hybridized carbons (Fsp3) is 0.368. The lowest BCUT2D eigenvalue weighted by molar-refractivity contribution is 0.0525. The van der Waals surface area contributed by atoms with Crippen LogP contribution in [0.4, 0.5) is 0 Å². The number of ether oxygens (including phenoxy) is 1. The Hall–Kier alpha value is -2.11. The Morgan fingerprint density at radius 2 is 1.84 bits per heavy atom. The van der Waals surface area contributed by atoms with Gasteiger partial charge in [-0.3, -0.25) is 9.69 Å². The molecule has 2 rings (SSSR count). The topological polar surface area (TPSA) is 62.4 Å². The Balaban J connectivity index is 2.09. The van der Waals surface area contributed by atoms with Gasteiger partial charge in [-0.15, -0.1) is 0 Å². The molecule has 0 bridgehead atoms. The van der Waals surface area contributed by atoms with Crippen molar-refractivity contribution in [2.24, 2.45) is 0 Å². The van der Waals surface area contributed by atoms with E-state index in [1.165, 1.54) is 0 Å². The normalized spacial score (nSPS) is 11.0. The highest BCUT2D eigenvalue weighted by Crippen LogP contribution is 2.20. The SMILES string of the molecule is CCOC(=O)c1c(C)[nH]c(C(=O)CN(C)Cc2ccc(Cl)cc2)c1C. The van der Waals surface area contributed by atoms with Gasteiger partial charge in [0.15, 0.2) is 5.78 Å². The van der Waals surface area contributed by atoms with Gasteiger partial charge in [0.05, 0.1) is 24.4 Å². The molecule has 0 atom stereocenters. The largest absolute Gasteiger partial charge is 0.462 e. The number of ketones is 1. The number of nitrogens with zero attached hydrogens (tertiary/aromatic N) is 1. The van der Waals surface area contributed by atoms with Crippen molar-refractivity contribution in [3.63, 3.8) is 0 Å². The highest BCUT2D eigenvalue weighted by Gasteiger charge is 2.23. The third-order valence-electron chi connectivity index (χ3n) is 3.98. The number of rotatable bonds is 7. The minimum Gasteiger partial charge on any atom is -0.462 e.